The number of hydrazone groups is 1. The molecule has 0 aliphatic carbocycles. The molecule has 2 aromatic carbocycles. The molecule has 0 spiro atoms. The summed E-state index contributed by atoms with van der Waals surface area (Å²) in [5.41, 5.74) is 3.66. The number of benzene rings is 2. The van der Waals surface area contributed by atoms with Gasteiger partial charge in [0.2, 0.25) is 0 Å². The molecule has 7 heteroatoms. The van der Waals surface area contributed by atoms with E-state index < -0.39 is 5.91 Å². The minimum atomic E-state index is -0.412. The fourth-order valence-electron chi connectivity index (χ4n) is 1.94. The van der Waals surface area contributed by atoms with Crippen molar-refractivity contribution in [1.82, 2.24) is 10.7 Å². The van der Waals surface area contributed by atoms with Gasteiger partial charge in [-0.25, -0.2) is 5.43 Å². The van der Waals surface area contributed by atoms with Crippen molar-refractivity contribution in [2.75, 3.05) is 13.2 Å². The lowest BCUT2D eigenvalue weighted by atomic mass is 10.2. The molecule has 0 saturated carbocycles. The van der Waals surface area contributed by atoms with E-state index in [-0.39, 0.29) is 12.5 Å². The summed E-state index contributed by atoms with van der Waals surface area (Å²) in [6.45, 7) is 2.28. The molecule has 0 aliphatic heterocycles. The number of ether oxygens (including phenoxy) is 1. The highest BCUT2D eigenvalue weighted by molar-refractivity contribution is 9.10. The summed E-state index contributed by atoms with van der Waals surface area (Å²) < 4.78 is 6.23. The highest BCUT2D eigenvalue weighted by Crippen LogP contribution is 2.12. The van der Waals surface area contributed by atoms with Crippen molar-refractivity contribution in [3.63, 3.8) is 0 Å². The van der Waals surface area contributed by atoms with Gasteiger partial charge in [0.25, 0.3) is 11.8 Å². The number of nitrogens with one attached hydrogen (secondary N) is 2. The van der Waals surface area contributed by atoms with Gasteiger partial charge in [0, 0.05) is 10.0 Å². The van der Waals surface area contributed by atoms with Gasteiger partial charge < -0.3 is 10.1 Å². The van der Waals surface area contributed by atoms with E-state index in [0.29, 0.717) is 17.9 Å². The van der Waals surface area contributed by atoms with Crippen LogP contribution in [-0.4, -0.2) is 31.2 Å². The molecule has 2 aromatic rings. The SMILES string of the molecule is CCOc1ccc(C(=O)NCC(=O)N/N=C/c2cccc(Br)c2)cc1. The molecule has 2 rings (SSSR count). The zero-order valence-corrected chi connectivity index (χ0v) is 15.2. The number of carbonyl (C=O) groups is 2. The van der Waals surface area contributed by atoms with Crippen LogP contribution in [-0.2, 0) is 4.79 Å². The lowest BCUT2D eigenvalue weighted by molar-refractivity contribution is -0.120. The maximum Gasteiger partial charge on any atom is 0.259 e. The van der Waals surface area contributed by atoms with E-state index in [2.05, 4.69) is 31.8 Å². The Labute approximate surface area is 154 Å². The predicted molar refractivity (Wildman–Crippen MR) is 99.8 cm³/mol. The van der Waals surface area contributed by atoms with Gasteiger partial charge in [0.1, 0.15) is 5.75 Å². The van der Waals surface area contributed by atoms with E-state index in [1.165, 1.54) is 6.21 Å². The largest absolute Gasteiger partial charge is 0.494 e. The normalized spacial score (nSPS) is 10.5. The molecular weight excluding hydrogens is 386 g/mol. The third kappa shape index (κ3) is 6.39. The van der Waals surface area contributed by atoms with Crippen molar-refractivity contribution < 1.29 is 14.3 Å². The molecular formula is C18H18BrN3O3. The second-order valence-corrected chi connectivity index (χ2v) is 5.90. The topological polar surface area (TPSA) is 79.8 Å². The van der Waals surface area contributed by atoms with Crippen LogP contribution in [0.4, 0.5) is 0 Å². The first-order valence-electron chi connectivity index (χ1n) is 7.67. The molecule has 0 saturated heterocycles. The highest BCUT2D eigenvalue weighted by Gasteiger charge is 2.07. The van der Waals surface area contributed by atoms with Gasteiger partial charge in [-0.15, -0.1) is 0 Å². The molecule has 0 fully saturated rings. The molecule has 0 radical (unpaired) electrons. The zero-order chi connectivity index (χ0) is 18.1. The van der Waals surface area contributed by atoms with Gasteiger partial charge in [-0.2, -0.15) is 5.10 Å². The Hall–Kier alpha value is -2.67. The van der Waals surface area contributed by atoms with Crippen molar-refractivity contribution in [3.8, 4) is 5.75 Å². The Balaban J connectivity index is 1.78. The molecule has 25 heavy (non-hydrogen) atoms. The molecule has 6 nitrogen and oxygen atoms in total. The first-order chi connectivity index (χ1) is 12.1. The van der Waals surface area contributed by atoms with E-state index in [4.69, 9.17) is 4.74 Å². The predicted octanol–water partition coefficient (Wildman–Crippen LogP) is 2.73. The van der Waals surface area contributed by atoms with Crippen LogP contribution >= 0.6 is 15.9 Å². The minimum Gasteiger partial charge on any atom is -0.494 e. The lowest BCUT2D eigenvalue weighted by Gasteiger charge is -2.06. The number of hydrogen-bond donors (Lipinski definition) is 2. The Morgan fingerprint density at radius 3 is 2.64 bits per heavy atom. The summed E-state index contributed by atoms with van der Waals surface area (Å²) in [5.74, 6) is -0.0571. The maximum absolute atomic E-state index is 12.0. The van der Waals surface area contributed by atoms with Gasteiger partial charge in [-0.05, 0) is 48.9 Å². The van der Waals surface area contributed by atoms with Crippen molar-refractivity contribution in [3.05, 3.63) is 64.1 Å². The number of carbonyl (C=O) groups excluding carboxylic acids is 2. The number of hydrogen-bond acceptors (Lipinski definition) is 4. The first kappa shape index (κ1) is 18.7. The average molecular weight is 404 g/mol. The summed E-state index contributed by atoms with van der Waals surface area (Å²) in [6, 6.07) is 14.2. The van der Waals surface area contributed by atoms with E-state index in [0.717, 1.165) is 10.0 Å². The number of rotatable bonds is 7. The van der Waals surface area contributed by atoms with E-state index in [1.807, 2.05) is 31.2 Å². The Kier molecular flexibility index (Phi) is 7.16. The third-order valence-corrected chi connectivity index (χ3v) is 3.58. The number of halogens is 1. The molecule has 0 aromatic heterocycles. The number of amides is 2. The average Bonchev–Trinajstić information content (AvgIpc) is 2.61. The molecule has 130 valence electrons. The van der Waals surface area contributed by atoms with Crippen LogP contribution in [0, 0.1) is 0 Å². The standard InChI is InChI=1S/C18H18BrN3O3/c1-2-25-16-8-6-14(7-9-16)18(24)20-12-17(23)22-21-11-13-4-3-5-15(19)10-13/h3-11H,2,12H2,1H3,(H,20,24)(H,22,23)/b21-11+. The Bertz CT molecular complexity index is 760. The van der Waals surface area contributed by atoms with Crippen LogP contribution < -0.4 is 15.5 Å². The van der Waals surface area contributed by atoms with Gasteiger partial charge in [-0.3, -0.25) is 9.59 Å². The molecule has 0 unspecified atom stereocenters. The molecule has 0 bridgehead atoms. The van der Waals surface area contributed by atoms with E-state index in [1.54, 1.807) is 24.3 Å². The van der Waals surface area contributed by atoms with Gasteiger partial charge >= 0.3 is 0 Å². The van der Waals surface area contributed by atoms with E-state index in [9.17, 15) is 9.59 Å². The van der Waals surface area contributed by atoms with Crippen molar-refractivity contribution in [2.45, 2.75) is 6.92 Å². The van der Waals surface area contributed by atoms with Crippen molar-refractivity contribution in [1.29, 1.82) is 0 Å². The van der Waals surface area contributed by atoms with Crippen molar-refractivity contribution >= 4 is 34.0 Å². The summed E-state index contributed by atoms with van der Waals surface area (Å²) in [4.78, 5) is 23.7. The van der Waals surface area contributed by atoms with E-state index >= 15 is 0 Å². The first-order valence-corrected chi connectivity index (χ1v) is 8.46. The second kappa shape index (κ2) is 9.58. The fourth-order valence-corrected chi connectivity index (χ4v) is 2.35. The number of nitrogens with zero attached hydrogens (tertiary/aromatic N) is 1. The quantitative estimate of drug-likeness (QED) is 0.550. The second-order valence-electron chi connectivity index (χ2n) is 4.99. The van der Waals surface area contributed by atoms with Crippen LogP contribution in [0.15, 0.2) is 58.1 Å². The smallest absolute Gasteiger partial charge is 0.259 e. The highest BCUT2D eigenvalue weighted by atomic mass is 79.9. The minimum absolute atomic E-state index is 0.165. The van der Waals surface area contributed by atoms with Crippen LogP contribution in [0.2, 0.25) is 0 Å². The molecule has 2 amide bonds. The van der Waals surface area contributed by atoms with Crippen LogP contribution in [0.25, 0.3) is 0 Å². The summed E-state index contributed by atoms with van der Waals surface area (Å²) in [5, 5.41) is 6.39. The summed E-state index contributed by atoms with van der Waals surface area (Å²) in [7, 11) is 0. The van der Waals surface area contributed by atoms with Gasteiger partial charge in [0.15, 0.2) is 0 Å². The van der Waals surface area contributed by atoms with Gasteiger partial charge in [0.05, 0.1) is 19.4 Å². The lowest BCUT2D eigenvalue weighted by Crippen LogP contribution is -2.34. The molecule has 0 aliphatic rings. The zero-order valence-electron chi connectivity index (χ0n) is 13.7. The molecule has 0 atom stereocenters. The maximum atomic E-state index is 12.0. The van der Waals surface area contributed by atoms with Crippen LogP contribution in [0.1, 0.15) is 22.8 Å². The van der Waals surface area contributed by atoms with Gasteiger partial charge in [-0.1, -0.05) is 28.1 Å². The monoisotopic (exact) mass is 403 g/mol. The van der Waals surface area contributed by atoms with Crippen LogP contribution in [0.5, 0.6) is 5.75 Å². The van der Waals surface area contributed by atoms with Crippen LogP contribution in [0.3, 0.4) is 0 Å². The summed E-state index contributed by atoms with van der Waals surface area (Å²) >= 11 is 3.35. The molecule has 0 heterocycles. The van der Waals surface area contributed by atoms with Crippen molar-refractivity contribution in [2.24, 2.45) is 5.10 Å². The Morgan fingerprint density at radius 2 is 1.96 bits per heavy atom. The third-order valence-electron chi connectivity index (χ3n) is 3.09. The fraction of sp³-hybridized carbons (Fsp3) is 0.167. The summed E-state index contributed by atoms with van der Waals surface area (Å²) in [6.07, 6.45) is 1.52. The Morgan fingerprint density at radius 1 is 1.20 bits per heavy atom. The molecule has 2 N–H and O–H groups in total.